The van der Waals surface area contributed by atoms with Crippen LogP contribution in [0.2, 0.25) is 0 Å². The van der Waals surface area contributed by atoms with Crippen molar-refractivity contribution in [3.05, 3.63) is 124 Å². The number of para-hydroxylation sites is 2. The maximum atomic E-state index is 13.4. The highest BCUT2D eigenvalue weighted by Crippen LogP contribution is 2.32. The Morgan fingerprint density at radius 2 is 1.71 bits per heavy atom. The van der Waals surface area contributed by atoms with Gasteiger partial charge < -0.3 is 10.1 Å². The minimum absolute atomic E-state index is 0.0630. The second-order valence-corrected chi connectivity index (χ2v) is 9.13. The van der Waals surface area contributed by atoms with E-state index in [-0.39, 0.29) is 29.3 Å². The lowest BCUT2D eigenvalue weighted by Gasteiger charge is -2.12. The van der Waals surface area contributed by atoms with Gasteiger partial charge >= 0.3 is 6.18 Å². The van der Waals surface area contributed by atoms with Gasteiger partial charge in [0.15, 0.2) is 12.4 Å². The van der Waals surface area contributed by atoms with Crippen LogP contribution < -0.4 is 15.6 Å². The predicted molar refractivity (Wildman–Crippen MR) is 151 cm³/mol. The smallest absolute Gasteiger partial charge is 0.416 e. The number of hydrogen-bond donors (Lipinski definition) is 1. The van der Waals surface area contributed by atoms with Gasteiger partial charge in [0.1, 0.15) is 5.75 Å². The number of aromatic nitrogens is 2. The van der Waals surface area contributed by atoms with E-state index < -0.39 is 17.3 Å². The third-order valence-corrected chi connectivity index (χ3v) is 6.13. The highest BCUT2D eigenvalue weighted by Gasteiger charge is 2.31. The molecule has 0 aliphatic carbocycles. The van der Waals surface area contributed by atoms with Gasteiger partial charge in [-0.2, -0.15) is 22.9 Å². The number of rotatable bonds is 7. The zero-order valence-electron chi connectivity index (χ0n) is 21.7. The number of benzene rings is 4. The van der Waals surface area contributed by atoms with Crippen molar-refractivity contribution in [2.75, 3.05) is 11.9 Å². The van der Waals surface area contributed by atoms with E-state index in [9.17, 15) is 22.8 Å². The van der Waals surface area contributed by atoms with E-state index in [0.717, 1.165) is 22.4 Å². The first kappa shape index (κ1) is 27.3. The van der Waals surface area contributed by atoms with E-state index in [1.807, 2.05) is 19.1 Å². The number of carbonyl (C=O) groups excluding carboxylic acids is 1. The number of nitrogens with zero attached hydrogens (tertiary/aromatic N) is 3. The van der Waals surface area contributed by atoms with Gasteiger partial charge in [-0.1, -0.05) is 54.1 Å². The third kappa shape index (κ3) is 6.33. The van der Waals surface area contributed by atoms with E-state index in [0.29, 0.717) is 22.5 Å². The van der Waals surface area contributed by atoms with Crippen molar-refractivity contribution < 1.29 is 22.7 Å². The van der Waals surface area contributed by atoms with Crippen LogP contribution in [-0.4, -0.2) is 28.4 Å². The molecule has 0 unspecified atom stereocenters. The van der Waals surface area contributed by atoms with E-state index in [4.69, 9.17) is 4.74 Å². The zero-order chi connectivity index (χ0) is 29.0. The summed E-state index contributed by atoms with van der Waals surface area (Å²) in [5.41, 5.74) is 1.07. The molecule has 5 aromatic rings. The predicted octanol–water partition coefficient (Wildman–Crippen LogP) is 6.29. The lowest BCUT2D eigenvalue weighted by atomic mass is 10.1. The van der Waals surface area contributed by atoms with Crippen LogP contribution in [0, 0.1) is 6.92 Å². The van der Waals surface area contributed by atoms with Gasteiger partial charge in [0.25, 0.3) is 11.5 Å². The summed E-state index contributed by atoms with van der Waals surface area (Å²) in [4.78, 5) is 30.3. The molecular weight excluding hydrogens is 533 g/mol. The Morgan fingerprint density at radius 1 is 0.976 bits per heavy atom. The van der Waals surface area contributed by atoms with Crippen molar-refractivity contribution in [2.24, 2.45) is 5.10 Å². The molecule has 10 heteroatoms. The van der Waals surface area contributed by atoms with E-state index >= 15 is 0 Å². The molecule has 4 aromatic carbocycles. The van der Waals surface area contributed by atoms with Gasteiger partial charge in [0.05, 0.1) is 22.7 Å². The molecule has 0 aliphatic rings. The molecule has 0 saturated carbocycles. The summed E-state index contributed by atoms with van der Waals surface area (Å²) in [6.07, 6.45) is -3.24. The summed E-state index contributed by atoms with van der Waals surface area (Å²) in [6, 6.07) is 25.1. The van der Waals surface area contributed by atoms with Gasteiger partial charge in [0.2, 0.25) is 0 Å². The van der Waals surface area contributed by atoms with Crippen LogP contribution in [0.4, 0.5) is 18.9 Å². The zero-order valence-corrected chi connectivity index (χ0v) is 21.7. The van der Waals surface area contributed by atoms with Crippen molar-refractivity contribution in [1.29, 1.82) is 0 Å². The largest absolute Gasteiger partial charge is 0.483 e. The molecule has 1 aromatic heterocycles. The Morgan fingerprint density at radius 3 is 2.49 bits per heavy atom. The first-order valence-corrected chi connectivity index (χ1v) is 12.5. The van der Waals surface area contributed by atoms with Crippen molar-refractivity contribution >= 4 is 28.7 Å². The van der Waals surface area contributed by atoms with Crippen LogP contribution in [0.15, 0.2) is 107 Å². The molecule has 0 saturated heterocycles. The van der Waals surface area contributed by atoms with E-state index in [1.165, 1.54) is 18.3 Å². The number of fused-ring (bicyclic) bond motifs is 1. The van der Waals surface area contributed by atoms with Crippen molar-refractivity contribution in [3.8, 4) is 17.1 Å². The fourth-order valence-corrected chi connectivity index (χ4v) is 4.07. The first-order valence-electron chi connectivity index (χ1n) is 12.5. The first-order chi connectivity index (χ1) is 19.7. The summed E-state index contributed by atoms with van der Waals surface area (Å²) in [5, 5.41) is 7.31. The number of alkyl halides is 3. The molecule has 41 heavy (non-hydrogen) atoms. The van der Waals surface area contributed by atoms with Gasteiger partial charge in [-0.15, -0.1) is 0 Å². The normalized spacial score (nSPS) is 11.6. The molecule has 0 radical (unpaired) electrons. The lowest BCUT2D eigenvalue weighted by Crippen LogP contribution is -2.21. The number of nitrogens with one attached hydrogen (secondary N) is 1. The van der Waals surface area contributed by atoms with Crippen molar-refractivity contribution in [3.63, 3.8) is 0 Å². The molecule has 206 valence electrons. The molecular formula is C31H23F3N4O3. The average Bonchev–Trinajstić information content (AvgIpc) is 2.97. The number of anilines is 1. The standard InChI is InChI=1S/C31H23F3N4O3/c1-20-13-15-24(16-14-20)36-28(39)19-41-27-12-5-2-7-22(27)18-35-38-29(21-8-6-9-23(17-21)31(32,33)34)37-26-11-4-3-10-25(26)30(38)40/h2-18H,19H2,1H3,(H,36,39). The minimum Gasteiger partial charge on any atom is -0.483 e. The number of amides is 1. The summed E-state index contributed by atoms with van der Waals surface area (Å²) in [7, 11) is 0. The average molecular weight is 557 g/mol. The summed E-state index contributed by atoms with van der Waals surface area (Å²) < 4.78 is 47.0. The summed E-state index contributed by atoms with van der Waals surface area (Å²) in [6.45, 7) is 1.66. The van der Waals surface area contributed by atoms with Crippen LogP contribution in [0.1, 0.15) is 16.7 Å². The SMILES string of the molecule is Cc1ccc(NC(=O)COc2ccccc2C=Nn2c(-c3cccc(C(F)(F)F)c3)nc3ccccc3c2=O)cc1. The van der Waals surface area contributed by atoms with Crippen molar-refractivity contribution in [1.82, 2.24) is 9.66 Å². The van der Waals surface area contributed by atoms with Crippen molar-refractivity contribution in [2.45, 2.75) is 13.1 Å². The maximum Gasteiger partial charge on any atom is 0.416 e. The number of hydrogen-bond acceptors (Lipinski definition) is 5. The highest BCUT2D eigenvalue weighted by atomic mass is 19.4. The summed E-state index contributed by atoms with van der Waals surface area (Å²) >= 11 is 0. The van der Waals surface area contributed by atoms with Gasteiger partial charge in [-0.3, -0.25) is 9.59 Å². The molecule has 7 nitrogen and oxygen atoms in total. The molecule has 0 aliphatic heterocycles. The molecule has 0 atom stereocenters. The number of halogens is 3. The Bertz CT molecular complexity index is 1810. The fourth-order valence-electron chi connectivity index (χ4n) is 4.07. The Hall–Kier alpha value is -5.25. The topological polar surface area (TPSA) is 85.6 Å². The van der Waals surface area contributed by atoms with Crippen LogP contribution in [0.25, 0.3) is 22.3 Å². The molecule has 0 spiro atoms. The highest BCUT2D eigenvalue weighted by molar-refractivity contribution is 5.92. The van der Waals surface area contributed by atoms with Crippen LogP contribution >= 0.6 is 0 Å². The quantitative estimate of drug-likeness (QED) is 0.239. The molecule has 5 rings (SSSR count). The minimum atomic E-state index is -4.58. The maximum absolute atomic E-state index is 13.4. The fraction of sp³-hybridized carbons (Fsp3) is 0.0968. The second kappa shape index (κ2) is 11.5. The number of carbonyl (C=O) groups is 1. The van der Waals surface area contributed by atoms with Crippen LogP contribution in [0.5, 0.6) is 5.75 Å². The second-order valence-electron chi connectivity index (χ2n) is 9.13. The molecule has 1 heterocycles. The monoisotopic (exact) mass is 556 g/mol. The van der Waals surface area contributed by atoms with E-state index in [2.05, 4.69) is 15.4 Å². The Labute approximate surface area is 232 Å². The van der Waals surface area contributed by atoms with Gasteiger partial charge in [-0.25, -0.2) is 4.98 Å². The molecule has 0 fully saturated rings. The number of ether oxygens (including phenoxy) is 1. The number of aryl methyl sites for hydroxylation is 1. The Balaban J connectivity index is 1.47. The Kier molecular flexibility index (Phi) is 7.64. The lowest BCUT2D eigenvalue weighted by molar-refractivity contribution is -0.137. The van der Waals surface area contributed by atoms with Gasteiger partial charge in [-0.05, 0) is 55.5 Å². The van der Waals surface area contributed by atoms with E-state index in [1.54, 1.807) is 60.7 Å². The van der Waals surface area contributed by atoms with Crippen LogP contribution in [0.3, 0.4) is 0 Å². The summed E-state index contributed by atoms with van der Waals surface area (Å²) in [5.74, 6) is -0.118. The van der Waals surface area contributed by atoms with Gasteiger partial charge in [0, 0.05) is 16.8 Å². The molecule has 1 N–H and O–H groups in total. The van der Waals surface area contributed by atoms with Crippen LogP contribution in [-0.2, 0) is 11.0 Å². The molecule has 1 amide bonds. The molecule has 0 bridgehead atoms. The third-order valence-electron chi connectivity index (χ3n) is 6.13.